The molecule has 0 fully saturated rings. The first-order valence-electron chi connectivity index (χ1n) is 9.89. The van der Waals surface area contributed by atoms with E-state index in [1.165, 1.54) is 82.6 Å². The van der Waals surface area contributed by atoms with Crippen molar-refractivity contribution >= 4 is 17.0 Å². The minimum atomic E-state index is 0. The molecule has 2 nitrogen and oxygen atoms in total. The van der Waals surface area contributed by atoms with Crippen molar-refractivity contribution in [1.82, 2.24) is 4.90 Å². The lowest BCUT2D eigenvalue weighted by atomic mass is 10.1. The maximum atomic E-state index is 5.51. The number of rotatable bonds is 14. The number of halogens is 1. The van der Waals surface area contributed by atoms with Gasteiger partial charge in [0.15, 0.2) is 0 Å². The van der Waals surface area contributed by atoms with Crippen LogP contribution in [-0.2, 0) is 0 Å². The second-order valence-electron chi connectivity index (χ2n) is 6.69. The first-order valence-corrected chi connectivity index (χ1v) is 9.89. The standard InChI is InChI=1S/C21H38N2.BrH/c1-2-3-4-5-10-13-18-23-19-15-21(16-20-23)14-11-8-6-7-9-12-17-22;/h14-16,19-20H,2-13,17-18,22H2,1H3;1H. The Bertz CT molecular complexity index is 345. The summed E-state index contributed by atoms with van der Waals surface area (Å²) in [6.07, 6.45) is 27.2. The van der Waals surface area contributed by atoms with Crippen LogP contribution in [-0.4, -0.2) is 18.0 Å². The SMILES string of the molecule is Br.CCCCCCCCN1C=CC(=CCCCCCCCN)C=C1. The molecule has 0 aliphatic carbocycles. The Balaban J connectivity index is 0.00000529. The maximum absolute atomic E-state index is 5.51. The zero-order chi connectivity index (χ0) is 16.6. The first kappa shape index (κ1) is 23.5. The number of hydrogen-bond donors (Lipinski definition) is 1. The van der Waals surface area contributed by atoms with Gasteiger partial charge < -0.3 is 10.6 Å². The highest BCUT2D eigenvalue weighted by molar-refractivity contribution is 8.93. The Morgan fingerprint density at radius 3 is 2.08 bits per heavy atom. The van der Waals surface area contributed by atoms with E-state index in [0.29, 0.717) is 0 Å². The molecule has 1 aliphatic rings. The van der Waals surface area contributed by atoms with E-state index in [1.807, 2.05) is 0 Å². The third-order valence-corrected chi connectivity index (χ3v) is 4.48. The normalized spacial score (nSPS) is 13.2. The van der Waals surface area contributed by atoms with Crippen LogP contribution in [0.15, 0.2) is 36.2 Å². The van der Waals surface area contributed by atoms with Crippen LogP contribution < -0.4 is 5.73 Å². The number of hydrogen-bond acceptors (Lipinski definition) is 2. The summed E-state index contributed by atoms with van der Waals surface area (Å²) >= 11 is 0. The summed E-state index contributed by atoms with van der Waals surface area (Å²) in [4.78, 5) is 2.32. The fourth-order valence-corrected chi connectivity index (χ4v) is 2.92. The van der Waals surface area contributed by atoms with Gasteiger partial charge in [-0.2, -0.15) is 0 Å². The van der Waals surface area contributed by atoms with Gasteiger partial charge in [0.1, 0.15) is 0 Å². The quantitative estimate of drug-likeness (QED) is 0.338. The van der Waals surface area contributed by atoms with Crippen LogP contribution in [0.5, 0.6) is 0 Å². The fraction of sp³-hybridized carbons (Fsp3) is 0.714. The predicted molar refractivity (Wildman–Crippen MR) is 114 cm³/mol. The molecule has 0 spiro atoms. The van der Waals surface area contributed by atoms with Crippen molar-refractivity contribution in [2.24, 2.45) is 5.73 Å². The van der Waals surface area contributed by atoms with Crippen LogP contribution in [0.1, 0.15) is 84.0 Å². The number of nitrogens with two attached hydrogens (primary N) is 1. The molecule has 0 aromatic carbocycles. The van der Waals surface area contributed by atoms with E-state index in [0.717, 1.165) is 13.1 Å². The molecule has 0 aromatic rings. The van der Waals surface area contributed by atoms with Gasteiger partial charge in [0.2, 0.25) is 0 Å². The molecule has 0 saturated carbocycles. The van der Waals surface area contributed by atoms with Gasteiger partial charge in [0, 0.05) is 18.9 Å². The van der Waals surface area contributed by atoms with Crippen LogP contribution in [0.4, 0.5) is 0 Å². The molecular weight excluding hydrogens is 360 g/mol. The van der Waals surface area contributed by atoms with Crippen molar-refractivity contribution in [2.75, 3.05) is 13.1 Å². The highest BCUT2D eigenvalue weighted by atomic mass is 79.9. The van der Waals surface area contributed by atoms with Crippen molar-refractivity contribution in [3.05, 3.63) is 36.2 Å². The van der Waals surface area contributed by atoms with Crippen molar-refractivity contribution in [3.63, 3.8) is 0 Å². The topological polar surface area (TPSA) is 29.3 Å². The summed E-state index contributed by atoms with van der Waals surface area (Å²) in [6, 6.07) is 0. The maximum Gasteiger partial charge on any atom is 0.0219 e. The monoisotopic (exact) mass is 398 g/mol. The van der Waals surface area contributed by atoms with E-state index < -0.39 is 0 Å². The lowest BCUT2D eigenvalue weighted by Crippen LogP contribution is -2.13. The van der Waals surface area contributed by atoms with E-state index in [2.05, 4.69) is 42.5 Å². The van der Waals surface area contributed by atoms with Gasteiger partial charge >= 0.3 is 0 Å². The van der Waals surface area contributed by atoms with E-state index in [-0.39, 0.29) is 17.0 Å². The van der Waals surface area contributed by atoms with E-state index in [4.69, 9.17) is 5.73 Å². The third kappa shape index (κ3) is 12.8. The summed E-state index contributed by atoms with van der Waals surface area (Å²) in [7, 11) is 0. The zero-order valence-corrected chi connectivity index (χ0v) is 17.4. The Labute approximate surface area is 161 Å². The molecule has 140 valence electrons. The summed E-state index contributed by atoms with van der Waals surface area (Å²) in [5.41, 5.74) is 6.87. The Hall–Kier alpha value is -0.540. The minimum absolute atomic E-state index is 0. The largest absolute Gasteiger partial charge is 0.354 e. The third-order valence-electron chi connectivity index (χ3n) is 4.48. The lowest BCUT2D eigenvalue weighted by molar-refractivity contribution is 0.464. The highest BCUT2D eigenvalue weighted by Crippen LogP contribution is 2.14. The summed E-state index contributed by atoms with van der Waals surface area (Å²) in [5.74, 6) is 0. The number of unbranched alkanes of at least 4 members (excludes halogenated alkanes) is 10. The second-order valence-corrected chi connectivity index (χ2v) is 6.69. The Morgan fingerprint density at radius 1 is 0.833 bits per heavy atom. The van der Waals surface area contributed by atoms with Crippen LogP contribution in [0.2, 0.25) is 0 Å². The van der Waals surface area contributed by atoms with Crippen molar-refractivity contribution in [2.45, 2.75) is 84.0 Å². The molecule has 0 aromatic heterocycles. The Kier molecular flexibility index (Phi) is 16.9. The van der Waals surface area contributed by atoms with Crippen LogP contribution >= 0.6 is 17.0 Å². The minimum Gasteiger partial charge on any atom is -0.354 e. The fourth-order valence-electron chi connectivity index (χ4n) is 2.92. The van der Waals surface area contributed by atoms with Gasteiger partial charge in [0.05, 0.1) is 0 Å². The molecule has 24 heavy (non-hydrogen) atoms. The number of nitrogens with zero attached hydrogens (tertiary/aromatic N) is 1. The predicted octanol–water partition coefficient (Wildman–Crippen LogP) is 6.49. The van der Waals surface area contributed by atoms with Crippen LogP contribution in [0, 0.1) is 0 Å². The molecule has 2 N–H and O–H groups in total. The van der Waals surface area contributed by atoms with Crippen LogP contribution in [0.3, 0.4) is 0 Å². The average molecular weight is 399 g/mol. The molecule has 0 bridgehead atoms. The van der Waals surface area contributed by atoms with Gasteiger partial charge in [-0.05, 0) is 50.0 Å². The summed E-state index contributed by atoms with van der Waals surface area (Å²) < 4.78 is 0. The van der Waals surface area contributed by atoms with Crippen molar-refractivity contribution in [3.8, 4) is 0 Å². The Morgan fingerprint density at radius 2 is 1.42 bits per heavy atom. The van der Waals surface area contributed by atoms with E-state index in [9.17, 15) is 0 Å². The van der Waals surface area contributed by atoms with E-state index >= 15 is 0 Å². The molecule has 0 atom stereocenters. The van der Waals surface area contributed by atoms with Crippen molar-refractivity contribution in [1.29, 1.82) is 0 Å². The van der Waals surface area contributed by atoms with Gasteiger partial charge in [0.25, 0.3) is 0 Å². The van der Waals surface area contributed by atoms with Gasteiger partial charge in [-0.25, -0.2) is 0 Å². The smallest absolute Gasteiger partial charge is 0.0219 e. The zero-order valence-electron chi connectivity index (χ0n) is 15.7. The van der Waals surface area contributed by atoms with Gasteiger partial charge in [-0.3, -0.25) is 0 Å². The van der Waals surface area contributed by atoms with E-state index in [1.54, 1.807) is 0 Å². The first-order chi connectivity index (χ1) is 11.4. The van der Waals surface area contributed by atoms with Gasteiger partial charge in [-0.15, -0.1) is 17.0 Å². The molecule has 0 radical (unpaired) electrons. The average Bonchev–Trinajstić information content (AvgIpc) is 2.58. The van der Waals surface area contributed by atoms with Gasteiger partial charge in [-0.1, -0.05) is 64.4 Å². The lowest BCUT2D eigenvalue weighted by Gasteiger charge is -2.18. The summed E-state index contributed by atoms with van der Waals surface area (Å²) in [6.45, 7) is 4.28. The molecule has 0 saturated heterocycles. The van der Waals surface area contributed by atoms with Crippen LogP contribution in [0.25, 0.3) is 0 Å². The second kappa shape index (κ2) is 17.3. The molecule has 0 unspecified atom stereocenters. The highest BCUT2D eigenvalue weighted by Gasteiger charge is 2.00. The molecule has 1 aliphatic heterocycles. The summed E-state index contributed by atoms with van der Waals surface area (Å²) in [5, 5.41) is 0. The number of allylic oxidation sites excluding steroid dienone is 4. The molecule has 3 heteroatoms. The van der Waals surface area contributed by atoms with Crippen molar-refractivity contribution < 1.29 is 0 Å². The molecular formula is C21H39BrN2. The molecule has 1 rings (SSSR count). The molecule has 0 amide bonds. The molecule has 1 heterocycles.